The molecule has 1 heterocycles. The first-order valence-electron chi connectivity index (χ1n) is 5.20. The maximum absolute atomic E-state index is 13.5. The third-order valence-corrected chi connectivity index (χ3v) is 2.70. The fraction of sp³-hybridized carbons (Fsp3) is 0.455. The monoisotopic (exact) mass is 228 g/mol. The standard InChI is InChI=1S/C11H14F2N2O/c12-7-1-2-9(13)8(5-7)11(14)10-6-16-4-3-15-10/h1-2,5,10-11,15H,3-4,6,14H2. The lowest BCUT2D eigenvalue weighted by atomic mass is 9.99. The summed E-state index contributed by atoms with van der Waals surface area (Å²) in [5, 5.41) is 3.12. The van der Waals surface area contributed by atoms with Crippen molar-refractivity contribution in [2.75, 3.05) is 19.8 Å². The fourth-order valence-corrected chi connectivity index (χ4v) is 1.80. The zero-order valence-corrected chi connectivity index (χ0v) is 8.75. The van der Waals surface area contributed by atoms with E-state index in [2.05, 4.69) is 5.32 Å². The summed E-state index contributed by atoms with van der Waals surface area (Å²) in [6.07, 6.45) is 0. The van der Waals surface area contributed by atoms with Gasteiger partial charge in [-0.2, -0.15) is 0 Å². The van der Waals surface area contributed by atoms with Crippen molar-refractivity contribution in [1.82, 2.24) is 5.32 Å². The SMILES string of the molecule is NC(c1cc(F)ccc1F)C1COCCN1. The molecular formula is C11H14F2N2O. The van der Waals surface area contributed by atoms with E-state index in [0.717, 1.165) is 18.2 Å². The molecule has 5 heteroatoms. The van der Waals surface area contributed by atoms with E-state index in [1.165, 1.54) is 0 Å². The number of halogens is 2. The zero-order valence-electron chi connectivity index (χ0n) is 8.75. The van der Waals surface area contributed by atoms with E-state index < -0.39 is 17.7 Å². The highest BCUT2D eigenvalue weighted by molar-refractivity contribution is 5.23. The van der Waals surface area contributed by atoms with Crippen LogP contribution in [0.1, 0.15) is 11.6 Å². The molecule has 0 saturated carbocycles. The second-order valence-corrected chi connectivity index (χ2v) is 3.83. The van der Waals surface area contributed by atoms with Crippen molar-refractivity contribution in [3.8, 4) is 0 Å². The van der Waals surface area contributed by atoms with Gasteiger partial charge in [-0.25, -0.2) is 8.78 Å². The van der Waals surface area contributed by atoms with Gasteiger partial charge in [-0.05, 0) is 18.2 Å². The summed E-state index contributed by atoms with van der Waals surface area (Å²) in [5.74, 6) is -0.968. The zero-order chi connectivity index (χ0) is 11.5. The van der Waals surface area contributed by atoms with Crippen LogP contribution in [-0.4, -0.2) is 25.8 Å². The summed E-state index contributed by atoms with van der Waals surface area (Å²) in [6.45, 7) is 1.71. The first-order valence-corrected chi connectivity index (χ1v) is 5.20. The average molecular weight is 228 g/mol. The number of nitrogens with two attached hydrogens (primary N) is 1. The lowest BCUT2D eigenvalue weighted by molar-refractivity contribution is 0.0680. The highest BCUT2D eigenvalue weighted by Gasteiger charge is 2.24. The Kier molecular flexibility index (Phi) is 3.48. The second-order valence-electron chi connectivity index (χ2n) is 3.83. The van der Waals surface area contributed by atoms with E-state index in [0.29, 0.717) is 19.8 Å². The van der Waals surface area contributed by atoms with Crippen LogP contribution in [-0.2, 0) is 4.74 Å². The minimum absolute atomic E-state index is 0.176. The van der Waals surface area contributed by atoms with Crippen LogP contribution in [0.5, 0.6) is 0 Å². The number of hydrogen-bond donors (Lipinski definition) is 2. The Labute approximate surface area is 92.6 Å². The molecule has 16 heavy (non-hydrogen) atoms. The van der Waals surface area contributed by atoms with E-state index in [9.17, 15) is 8.78 Å². The number of benzene rings is 1. The number of nitrogens with one attached hydrogen (secondary N) is 1. The predicted molar refractivity (Wildman–Crippen MR) is 55.9 cm³/mol. The Morgan fingerprint density at radius 2 is 2.25 bits per heavy atom. The molecule has 1 aromatic carbocycles. The normalized spacial score (nSPS) is 23.1. The molecule has 2 rings (SSSR count). The molecule has 3 nitrogen and oxygen atoms in total. The molecule has 88 valence electrons. The molecule has 0 aromatic heterocycles. The van der Waals surface area contributed by atoms with Crippen molar-refractivity contribution in [2.45, 2.75) is 12.1 Å². The molecule has 0 bridgehead atoms. The molecule has 0 aliphatic carbocycles. The van der Waals surface area contributed by atoms with Gasteiger partial charge in [0.2, 0.25) is 0 Å². The van der Waals surface area contributed by atoms with Crippen LogP contribution in [0.15, 0.2) is 18.2 Å². The van der Waals surface area contributed by atoms with Crippen molar-refractivity contribution in [3.05, 3.63) is 35.4 Å². The van der Waals surface area contributed by atoms with E-state index in [1.807, 2.05) is 0 Å². The van der Waals surface area contributed by atoms with Crippen molar-refractivity contribution < 1.29 is 13.5 Å². The van der Waals surface area contributed by atoms with Gasteiger partial charge in [0.05, 0.1) is 19.3 Å². The maximum Gasteiger partial charge on any atom is 0.128 e. The van der Waals surface area contributed by atoms with E-state index >= 15 is 0 Å². The molecule has 2 unspecified atom stereocenters. The average Bonchev–Trinajstić information content (AvgIpc) is 2.32. The van der Waals surface area contributed by atoms with Crippen molar-refractivity contribution in [3.63, 3.8) is 0 Å². The molecule has 0 radical (unpaired) electrons. The van der Waals surface area contributed by atoms with E-state index in [-0.39, 0.29) is 11.6 Å². The van der Waals surface area contributed by atoms with Gasteiger partial charge in [0.25, 0.3) is 0 Å². The van der Waals surface area contributed by atoms with Gasteiger partial charge in [-0.1, -0.05) is 0 Å². The number of morpholine rings is 1. The largest absolute Gasteiger partial charge is 0.378 e. The quantitative estimate of drug-likeness (QED) is 0.792. The predicted octanol–water partition coefficient (Wildman–Crippen LogP) is 0.953. The number of ether oxygens (including phenoxy) is 1. The number of rotatable bonds is 2. The van der Waals surface area contributed by atoms with Crippen LogP contribution in [0, 0.1) is 11.6 Å². The summed E-state index contributed by atoms with van der Waals surface area (Å²) >= 11 is 0. The van der Waals surface area contributed by atoms with E-state index in [4.69, 9.17) is 10.5 Å². The van der Waals surface area contributed by atoms with Crippen molar-refractivity contribution >= 4 is 0 Å². The van der Waals surface area contributed by atoms with Crippen molar-refractivity contribution in [1.29, 1.82) is 0 Å². The lowest BCUT2D eigenvalue weighted by Gasteiger charge is -2.29. The van der Waals surface area contributed by atoms with Gasteiger partial charge in [0.1, 0.15) is 11.6 Å². The molecule has 0 amide bonds. The van der Waals surface area contributed by atoms with Gasteiger partial charge >= 0.3 is 0 Å². The number of hydrogen-bond acceptors (Lipinski definition) is 3. The van der Waals surface area contributed by atoms with Crippen molar-refractivity contribution in [2.24, 2.45) is 5.73 Å². The smallest absolute Gasteiger partial charge is 0.128 e. The minimum Gasteiger partial charge on any atom is -0.378 e. The fourth-order valence-electron chi connectivity index (χ4n) is 1.80. The summed E-state index contributed by atoms with van der Waals surface area (Å²) in [7, 11) is 0. The molecule has 0 spiro atoms. The highest BCUT2D eigenvalue weighted by Crippen LogP contribution is 2.20. The molecule has 1 aliphatic heterocycles. The van der Waals surface area contributed by atoms with Crippen LogP contribution < -0.4 is 11.1 Å². The first kappa shape index (κ1) is 11.4. The van der Waals surface area contributed by atoms with Crippen LogP contribution in [0.4, 0.5) is 8.78 Å². The van der Waals surface area contributed by atoms with Gasteiger partial charge in [-0.15, -0.1) is 0 Å². The third-order valence-electron chi connectivity index (χ3n) is 2.70. The summed E-state index contributed by atoms with van der Waals surface area (Å²) in [6, 6.07) is 2.53. The molecular weight excluding hydrogens is 214 g/mol. The van der Waals surface area contributed by atoms with Crippen LogP contribution >= 0.6 is 0 Å². The Hall–Kier alpha value is -1.04. The third kappa shape index (κ3) is 2.37. The van der Waals surface area contributed by atoms with Crippen LogP contribution in [0.3, 0.4) is 0 Å². The summed E-state index contributed by atoms with van der Waals surface area (Å²) in [4.78, 5) is 0. The Morgan fingerprint density at radius 3 is 2.94 bits per heavy atom. The van der Waals surface area contributed by atoms with Gasteiger partial charge in [0, 0.05) is 18.2 Å². The molecule has 1 aliphatic rings. The van der Waals surface area contributed by atoms with Gasteiger partial charge in [0.15, 0.2) is 0 Å². The van der Waals surface area contributed by atoms with Crippen LogP contribution in [0.2, 0.25) is 0 Å². The van der Waals surface area contributed by atoms with E-state index in [1.54, 1.807) is 0 Å². The Morgan fingerprint density at radius 1 is 1.44 bits per heavy atom. The highest BCUT2D eigenvalue weighted by atomic mass is 19.1. The molecule has 3 N–H and O–H groups in total. The molecule has 1 aromatic rings. The summed E-state index contributed by atoms with van der Waals surface area (Å²) < 4.78 is 31.7. The lowest BCUT2D eigenvalue weighted by Crippen LogP contribution is -2.47. The topological polar surface area (TPSA) is 47.3 Å². The molecule has 1 fully saturated rings. The first-order chi connectivity index (χ1) is 7.68. The molecule has 1 saturated heterocycles. The maximum atomic E-state index is 13.5. The van der Waals surface area contributed by atoms with Gasteiger partial charge < -0.3 is 15.8 Å². The summed E-state index contributed by atoms with van der Waals surface area (Å²) in [5.41, 5.74) is 6.07. The minimum atomic E-state index is -0.601. The Balaban J connectivity index is 2.18. The van der Waals surface area contributed by atoms with Gasteiger partial charge in [-0.3, -0.25) is 0 Å². The molecule has 2 atom stereocenters. The second kappa shape index (κ2) is 4.86. The van der Waals surface area contributed by atoms with Crippen LogP contribution in [0.25, 0.3) is 0 Å². The Bertz CT molecular complexity index is 367.